The Hall–Kier alpha value is -2.82. The first-order valence-corrected chi connectivity index (χ1v) is 6.43. The molecule has 5 heteroatoms. The summed E-state index contributed by atoms with van der Waals surface area (Å²) in [5, 5.41) is 20.9. The van der Waals surface area contributed by atoms with Crippen LogP contribution in [0.4, 0.5) is 0 Å². The van der Waals surface area contributed by atoms with Gasteiger partial charge in [-0.3, -0.25) is 9.59 Å². The molecule has 3 N–H and O–H groups in total. The second kappa shape index (κ2) is 6.56. The number of carbonyl (C=O) groups excluding carboxylic acids is 1. The number of carbonyl (C=O) groups is 2. The molecule has 0 bridgehead atoms. The molecule has 1 atom stereocenters. The van der Waals surface area contributed by atoms with Gasteiger partial charge in [0.15, 0.2) is 0 Å². The van der Waals surface area contributed by atoms with E-state index in [0.717, 1.165) is 5.56 Å². The van der Waals surface area contributed by atoms with E-state index in [9.17, 15) is 14.7 Å². The first-order chi connectivity index (χ1) is 10.1. The fourth-order valence-electron chi connectivity index (χ4n) is 1.97. The third-order valence-corrected chi connectivity index (χ3v) is 3.02. The Bertz CT molecular complexity index is 622. The van der Waals surface area contributed by atoms with Gasteiger partial charge in [-0.1, -0.05) is 30.3 Å². The molecule has 2 aromatic carbocycles. The zero-order chi connectivity index (χ0) is 15.2. The number of rotatable bonds is 5. The van der Waals surface area contributed by atoms with E-state index in [1.807, 2.05) is 6.07 Å². The van der Waals surface area contributed by atoms with Crippen LogP contribution in [0, 0.1) is 0 Å². The van der Waals surface area contributed by atoms with Gasteiger partial charge in [0.1, 0.15) is 5.75 Å². The van der Waals surface area contributed by atoms with Gasteiger partial charge in [0.2, 0.25) is 0 Å². The topological polar surface area (TPSA) is 86.6 Å². The van der Waals surface area contributed by atoms with Gasteiger partial charge in [0, 0.05) is 5.56 Å². The smallest absolute Gasteiger partial charge is 0.305 e. The van der Waals surface area contributed by atoms with Crippen LogP contribution >= 0.6 is 0 Å². The lowest BCUT2D eigenvalue weighted by molar-refractivity contribution is -0.137. The van der Waals surface area contributed by atoms with Crippen molar-refractivity contribution in [1.82, 2.24) is 5.32 Å². The van der Waals surface area contributed by atoms with Crippen LogP contribution in [0.15, 0.2) is 54.6 Å². The van der Waals surface area contributed by atoms with Crippen LogP contribution in [0.3, 0.4) is 0 Å². The third-order valence-electron chi connectivity index (χ3n) is 3.02. The molecule has 0 saturated carbocycles. The normalized spacial score (nSPS) is 11.6. The van der Waals surface area contributed by atoms with Crippen molar-refractivity contribution in [2.75, 3.05) is 0 Å². The van der Waals surface area contributed by atoms with Crippen molar-refractivity contribution in [2.45, 2.75) is 12.5 Å². The zero-order valence-electron chi connectivity index (χ0n) is 11.2. The fourth-order valence-corrected chi connectivity index (χ4v) is 1.97. The van der Waals surface area contributed by atoms with E-state index in [1.54, 1.807) is 24.3 Å². The van der Waals surface area contributed by atoms with E-state index >= 15 is 0 Å². The van der Waals surface area contributed by atoms with E-state index in [2.05, 4.69) is 5.32 Å². The Labute approximate surface area is 121 Å². The molecule has 2 aromatic rings. The van der Waals surface area contributed by atoms with Gasteiger partial charge in [0.25, 0.3) is 5.91 Å². The Morgan fingerprint density at radius 3 is 2.19 bits per heavy atom. The highest BCUT2D eigenvalue weighted by Gasteiger charge is 2.18. The molecule has 0 unspecified atom stereocenters. The van der Waals surface area contributed by atoms with Gasteiger partial charge < -0.3 is 15.5 Å². The van der Waals surface area contributed by atoms with Gasteiger partial charge in [-0.05, 0) is 29.8 Å². The van der Waals surface area contributed by atoms with Gasteiger partial charge in [-0.25, -0.2) is 0 Å². The van der Waals surface area contributed by atoms with Gasteiger partial charge >= 0.3 is 5.97 Å². The monoisotopic (exact) mass is 285 g/mol. The highest BCUT2D eigenvalue weighted by atomic mass is 16.4. The molecule has 0 aromatic heterocycles. The van der Waals surface area contributed by atoms with E-state index in [0.29, 0.717) is 5.56 Å². The predicted molar refractivity (Wildman–Crippen MR) is 77.0 cm³/mol. The van der Waals surface area contributed by atoms with Crippen LogP contribution in [-0.4, -0.2) is 22.1 Å². The Balaban J connectivity index is 2.17. The lowest BCUT2D eigenvalue weighted by Gasteiger charge is -2.17. The molecule has 2 rings (SSSR count). The summed E-state index contributed by atoms with van der Waals surface area (Å²) >= 11 is 0. The number of phenols is 1. The van der Waals surface area contributed by atoms with Crippen LogP contribution < -0.4 is 5.32 Å². The van der Waals surface area contributed by atoms with E-state index in [1.165, 1.54) is 24.3 Å². The second-order valence-electron chi connectivity index (χ2n) is 4.58. The van der Waals surface area contributed by atoms with Gasteiger partial charge in [-0.15, -0.1) is 0 Å². The third kappa shape index (κ3) is 4.07. The van der Waals surface area contributed by atoms with Crippen molar-refractivity contribution in [3.63, 3.8) is 0 Å². The quantitative estimate of drug-likeness (QED) is 0.787. The SMILES string of the molecule is O=C(O)C[C@@H](NC(=O)c1ccc(O)cc1)c1ccccc1. The Morgan fingerprint density at radius 2 is 1.62 bits per heavy atom. The number of benzene rings is 2. The van der Waals surface area contributed by atoms with Crippen molar-refractivity contribution in [3.05, 3.63) is 65.7 Å². The molecule has 0 aliphatic heterocycles. The van der Waals surface area contributed by atoms with Crippen LogP contribution in [-0.2, 0) is 4.79 Å². The number of carboxylic acids is 1. The summed E-state index contributed by atoms with van der Waals surface area (Å²) in [5.74, 6) is -1.31. The fraction of sp³-hybridized carbons (Fsp3) is 0.125. The van der Waals surface area contributed by atoms with Crippen LogP contribution in [0.25, 0.3) is 0 Å². The molecule has 0 fully saturated rings. The molecule has 21 heavy (non-hydrogen) atoms. The highest BCUT2D eigenvalue weighted by molar-refractivity contribution is 5.94. The molecule has 0 spiro atoms. The number of phenolic OH excluding ortho intramolecular Hbond substituents is 1. The molecule has 5 nitrogen and oxygen atoms in total. The minimum Gasteiger partial charge on any atom is -0.508 e. The predicted octanol–water partition coefficient (Wildman–Crippen LogP) is 2.34. The summed E-state index contributed by atoms with van der Waals surface area (Å²) in [6.45, 7) is 0. The van der Waals surface area contributed by atoms with Crippen molar-refractivity contribution in [2.24, 2.45) is 0 Å². The number of aromatic hydroxyl groups is 1. The minimum absolute atomic E-state index is 0.0664. The molecular weight excluding hydrogens is 270 g/mol. The molecule has 108 valence electrons. The number of hydrogen-bond donors (Lipinski definition) is 3. The number of nitrogens with one attached hydrogen (secondary N) is 1. The van der Waals surface area contributed by atoms with E-state index in [4.69, 9.17) is 5.11 Å². The van der Waals surface area contributed by atoms with Crippen molar-refractivity contribution >= 4 is 11.9 Å². The summed E-state index contributed by atoms with van der Waals surface area (Å²) < 4.78 is 0. The molecule has 0 radical (unpaired) electrons. The first kappa shape index (κ1) is 14.6. The van der Waals surface area contributed by atoms with Crippen molar-refractivity contribution < 1.29 is 19.8 Å². The maximum Gasteiger partial charge on any atom is 0.305 e. The first-order valence-electron chi connectivity index (χ1n) is 6.43. The van der Waals surface area contributed by atoms with Crippen molar-refractivity contribution in [3.8, 4) is 5.75 Å². The number of amides is 1. The summed E-state index contributed by atoms with van der Waals surface area (Å²) in [5.41, 5.74) is 1.09. The zero-order valence-corrected chi connectivity index (χ0v) is 11.2. The summed E-state index contributed by atoms with van der Waals surface area (Å²) in [4.78, 5) is 23.1. The summed E-state index contributed by atoms with van der Waals surface area (Å²) in [6.07, 6.45) is -0.201. The van der Waals surface area contributed by atoms with E-state index < -0.39 is 12.0 Å². The average Bonchev–Trinajstić information content (AvgIpc) is 2.47. The maximum absolute atomic E-state index is 12.1. The standard InChI is InChI=1S/C16H15NO4/c18-13-8-6-12(7-9-13)16(21)17-14(10-15(19)20)11-4-2-1-3-5-11/h1-9,14,18H,10H2,(H,17,21)(H,19,20)/t14-/m1/s1. The largest absolute Gasteiger partial charge is 0.508 e. The lowest BCUT2D eigenvalue weighted by atomic mass is 10.0. The molecular formula is C16H15NO4. The summed E-state index contributed by atoms with van der Waals surface area (Å²) in [7, 11) is 0. The molecule has 0 saturated heterocycles. The number of carboxylic acid groups (broad SMARTS) is 1. The number of hydrogen-bond acceptors (Lipinski definition) is 3. The van der Waals surface area contributed by atoms with Gasteiger partial charge in [0.05, 0.1) is 12.5 Å². The maximum atomic E-state index is 12.1. The molecule has 1 amide bonds. The number of aliphatic carboxylic acids is 1. The molecule has 0 aliphatic carbocycles. The molecule has 0 aliphatic rings. The Morgan fingerprint density at radius 1 is 1.00 bits per heavy atom. The van der Waals surface area contributed by atoms with Crippen LogP contribution in [0.2, 0.25) is 0 Å². The van der Waals surface area contributed by atoms with Crippen LogP contribution in [0.1, 0.15) is 28.4 Å². The molecule has 0 heterocycles. The minimum atomic E-state index is -0.991. The summed E-state index contributed by atoms with van der Waals surface area (Å²) in [6, 6.07) is 14.1. The lowest BCUT2D eigenvalue weighted by Crippen LogP contribution is -2.30. The van der Waals surface area contributed by atoms with Crippen molar-refractivity contribution in [1.29, 1.82) is 0 Å². The second-order valence-corrected chi connectivity index (χ2v) is 4.58. The van der Waals surface area contributed by atoms with Crippen LogP contribution in [0.5, 0.6) is 5.75 Å². The van der Waals surface area contributed by atoms with Gasteiger partial charge in [-0.2, -0.15) is 0 Å². The highest BCUT2D eigenvalue weighted by Crippen LogP contribution is 2.18. The Kier molecular flexibility index (Phi) is 4.56. The average molecular weight is 285 g/mol. The van der Waals surface area contributed by atoms with E-state index in [-0.39, 0.29) is 18.1 Å².